The molecule has 0 bridgehead atoms. The summed E-state index contributed by atoms with van der Waals surface area (Å²) in [4.78, 5) is 12.0. The Labute approximate surface area is 119 Å². The average molecular weight is 277 g/mol. The van der Waals surface area contributed by atoms with Crippen LogP contribution in [0.4, 0.5) is 4.39 Å². The number of aliphatic hydroxyl groups excluding tert-OH is 1. The monoisotopic (exact) mass is 277 g/mol. The van der Waals surface area contributed by atoms with Crippen molar-refractivity contribution in [3.63, 3.8) is 0 Å². The van der Waals surface area contributed by atoms with E-state index in [1.807, 2.05) is 20.8 Å². The molecule has 20 heavy (non-hydrogen) atoms. The summed E-state index contributed by atoms with van der Waals surface area (Å²) in [6, 6.07) is 4.15. The van der Waals surface area contributed by atoms with Gasteiger partial charge in [0.05, 0.1) is 12.2 Å². The standard InChI is InChI=1S/C16H20FNO2/c1-11(2)12(3)18-16(20)14-10-13(6-4-5-9-19)7-8-15(14)17/h7-8,10-12,19H,5,9H2,1-3H3,(H,18,20). The van der Waals surface area contributed by atoms with Crippen LogP contribution in [-0.4, -0.2) is 23.7 Å². The highest BCUT2D eigenvalue weighted by molar-refractivity contribution is 5.95. The summed E-state index contributed by atoms with van der Waals surface area (Å²) in [6.07, 6.45) is 0.350. The number of benzene rings is 1. The van der Waals surface area contributed by atoms with Crippen LogP contribution in [0.15, 0.2) is 18.2 Å². The van der Waals surface area contributed by atoms with Gasteiger partial charge in [0.15, 0.2) is 0 Å². The quantitative estimate of drug-likeness (QED) is 0.830. The fourth-order valence-corrected chi connectivity index (χ4v) is 1.45. The van der Waals surface area contributed by atoms with Gasteiger partial charge in [-0.3, -0.25) is 4.79 Å². The molecule has 0 fully saturated rings. The van der Waals surface area contributed by atoms with E-state index in [1.54, 1.807) is 0 Å². The number of carbonyl (C=O) groups is 1. The van der Waals surface area contributed by atoms with E-state index in [-0.39, 0.29) is 24.1 Å². The summed E-state index contributed by atoms with van der Waals surface area (Å²) in [7, 11) is 0. The smallest absolute Gasteiger partial charge is 0.254 e. The lowest BCUT2D eigenvalue weighted by atomic mass is 10.0. The molecule has 1 rings (SSSR count). The summed E-state index contributed by atoms with van der Waals surface area (Å²) in [5, 5.41) is 11.4. The molecule has 1 aromatic carbocycles. The van der Waals surface area contributed by atoms with E-state index < -0.39 is 11.7 Å². The minimum Gasteiger partial charge on any atom is -0.395 e. The second-order valence-corrected chi connectivity index (χ2v) is 4.98. The Kier molecular flexibility index (Phi) is 6.20. The van der Waals surface area contributed by atoms with Gasteiger partial charge in [-0.2, -0.15) is 0 Å². The second-order valence-electron chi connectivity index (χ2n) is 4.98. The number of nitrogens with one attached hydrogen (secondary N) is 1. The van der Waals surface area contributed by atoms with E-state index in [1.165, 1.54) is 18.2 Å². The molecule has 1 unspecified atom stereocenters. The molecule has 0 aromatic heterocycles. The van der Waals surface area contributed by atoms with Crippen molar-refractivity contribution in [2.75, 3.05) is 6.61 Å². The zero-order valence-electron chi connectivity index (χ0n) is 12.0. The van der Waals surface area contributed by atoms with E-state index in [4.69, 9.17) is 5.11 Å². The number of rotatable bonds is 4. The van der Waals surface area contributed by atoms with Crippen LogP contribution in [-0.2, 0) is 0 Å². The number of carbonyl (C=O) groups excluding carboxylic acids is 1. The normalized spacial score (nSPS) is 11.7. The lowest BCUT2D eigenvalue weighted by molar-refractivity contribution is 0.0926. The zero-order valence-corrected chi connectivity index (χ0v) is 12.0. The molecule has 108 valence electrons. The number of hydrogen-bond donors (Lipinski definition) is 2. The fourth-order valence-electron chi connectivity index (χ4n) is 1.45. The molecular formula is C16H20FNO2. The third-order valence-electron chi connectivity index (χ3n) is 3.04. The molecule has 0 saturated heterocycles. The molecule has 3 nitrogen and oxygen atoms in total. The van der Waals surface area contributed by atoms with Crippen LogP contribution in [0, 0.1) is 23.6 Å². The first kappa shape index (κ1) is 16.2. The molecule has 0 radical (unpaired) electrons. The predicted molar refractivity (Wildman–Crippen MR) is 76.7 cm³/mol. The molecule has 0 spiro atoms. The van der Waals surface area contributed by atoms with E-state index in [2.05, 4.69) is 17.2 Å². The van der Waals surface area contributed by atoms with Gasteiger partial charge in [0.2, 0.25) is 0 Å². The number of amides is 1. The largest absolute Gasteiger partial charge is 0.395 e. The van der Waals surface area contributed by atoms with E-state index in [0.717, 1.165) is 0 Å². The minimum atomic E-state index is -0.564. The highest BCUT2D eigenvalue weighted by atomic mass is 19.1. The molecule has 0 heterocycles. The molecule has 4 heteroatoms. The Bertz CT molecular complexity index is 529. The van der Waals surface area contributed by atoms with Crippen LogP contribution in [0.5, 0.6) is 0 Å². The first-order chi connectivity index (χ1) is 9.45. The molecule has 2 N–H and O–H groups in total. The van der Waals surface area contributed by atoms with Gasteiger partial charge in [0, 0.05) is 18.0 Å². The summed E-state index contributed by atoms with van der Waals surface area (Å²) in [5.74, 6) is 4.80. The van der Waals surface area contributed by atoms with Crippen molar-refractivity contribution in [1.82, 2.24) is 5.32 Å². The van der Waals surface area contributed by atoms with Crippen molar-refractivity contribution >= 4 is 5.91 Å². The van der Waals surface area contributed by atoms with Gasteiger partial charge in [-0.05, 0) is 31.0 Å². The topological polar surface area (TPSA) is 49.3 Å². The zero-order chi connectivity index (χ0) is 15.1. The predicted octanol–water partition coefficient (Wildman–Crippen LogP) is 2.33. The number of aliphatic hydroxyl groups is 1. The van der Waals surface area contributed by atoms with Crippen LogP contribution in [0.1, 0.15) is 43.1 Å². The van der Waals surface area contributed by atoms with Crippen LogP contribution >= 0.6 is 0 Å². The van der Waals surface area contributed by atoms with Crippen molar-refractivity contribution in [2.24, 2.45) is 5.92 Å². The van der Waals surface area contributed by atoms with Crippen molar-refractivity contribution in [3.8, 4) is 11.8 Å². The van der Waals surface area contributed by atoms with Gasteiger partial charge < -0.3 is 10.4 Å². The Morgan fingerprint density at radius 1 is 1.40 bits per heavy atom. The number of halogens is 1. The van der Waals surface area contributed by atoms with Gasteiger partial charge in [0.25, 0.3) is 5.91 Å². The SMILES string of the molecule is CC(C)C(C)NC(=O)c1cc(C#CCCO)ccc1F. The summed E-state index contributed by atoms with van der Waals surface area (Å²) in [6.45, 7) is 5.83. The van der Waals surface area contributed by atoms with E-state index >= 15 is 0 Å². The second kappa shape index (κ2) is 7.66. The van der Waals surface area contributed by atoms with Crippen molar-refractivity contribution in [1.29, 1.82) is 0 Å². The van der Waals surface area contributed by atoms with Gasteiger partial charge in [0.1, 0.15) is 5.82 Å². The summed E-state index contributed by atoms with van der Waals surface area (Å²) >= 11 is 0. The maximum atomic E-state index is 13.7. The molecule has 1 atom stereocenters. The highest BCUT2D eigenvalue weighted by Gasteiger charge is 2.16. The van der Waals surface area contributed by atoms with Crippen LogP contribution in [0.3, 0.4) is 0 Å². The average Bonchev–Trinajstić information content (AvgIpc) is 2.40. The van der Waals surface area contributed by atoms with Crippen LogP contribution < -0.4 is 5.32 Å². The van der Waals surface area contributed by atoms with E-state index in [0.29, 0.717) is 12.0 Å². The van der Waals surface area contributed by atoms with Gasteiger partial charge >= 0.3 is 0 Å². The molecular weight excluding hydrogens is 257 g/mol. The fraction of sp³-hybridized carbons (Fsp3) is 0.438. The lowest BCUT2D eigenvalue weighted by Gasteiger charge is -2.17. The molecule has 0 aliphatic carbocycles. The Balaban J connectivity index is 2.91. The highest BCUT2D eigenvalue weighted by Crippen LogP contribution is 2.11. The van der Waals surface area contributed by atoms with Gasteiger partial charge in [-0.25, -0.2) is 4.39 Å². The first-order valence-electron chi connectivity index (χ1n) is 6.65. The van der Waals surface area contributed by atoms with Crippen molar-refractivity contribution in [2.45, 2.75) is 33.2 Å². The summed E-state index contributed by atoms with van der Waals surface area (Å²) < 4.78 is 13.7. The Hall–Kier alpha value is -1.86. The maximum absolute atomic E-state index is 13.7. The first-order valence-corrected chi connectivity index (χ1v) is 6.65. The molecule has 0 aliphatic rings. The van der Waals surface area contributed by atoms with Crippen LogP contribution in [0.25, 0.3) is 0 Å². The Morgan fingerprint density at radius 3 is 2.70 bits per heavy atom. The minimum absolute atomic E-state index is 0.00621. The van der Waals surface area contributed by atoms with Crippen LogP contribution in [0.2, 0.25) is 0 Å². The van der Waals surface area contributed by atoms with Crippen molar-refractivity contribution < 1.29 is 14.3 Å². The Morgan fingerprint density at radius 2 is 2.10 bits per heavy atom. The molecule has 0 saturated carbocycles. The maximum Gasteiger partial charge on any atom is 0.254 e. The third kappa shape index (κ3) is 4.67. The number of hydrogen-bond acceptors (Lipinski definition) is 2. The van der Waals surface area contributed by atoms with Crippen molar-refractivity contribution in [3.05, 3.63) is 35.1 Å². The van der Waals surface area contributed by atoms with Gasteiger partial charge in [-0.1, -0.05) is 25.7 Å². The summed E-state index contributed by atoms with van der Waals surface area (Å²) in [5.41, 5.74) is 0.551. The molecule has 0 aliphatic heterocycles. The van der Waals surface area contributed by atoms with Gasteiger partial charge in [-0.15, -0.1) is 0 Å². The molecule has 1 aromatic rings. The molecule has 1 amide bonds. The van der Waals surface area contributed by atoms with E-state index in [9.17, 15) is 9.18 Å². The lowest BCUT2D eigenvalue weighted by Crippen LogP contribution is -2.36. The third-order valence-corrected chi connectivity index (χ3v) is 3.04.